The molecule has 2 aliphatic heterocycles. The molecule has 0 aromatic heterocycles. The molecule has 1 aromatic rings. The van der Waals surface area contributed by atoms with Crippen LogP contribution in [0.5, 0.6) is 0 Å². The number of fused-ring (bicyclic) bond motifs is 1. The predicted molar refractivity (Wildman–Crippen MR) is 91.5 cm³/mol. The van der Waals surface area contributed by atoms with Crippen molar-refractivity contribution in [1.82, 2.24) is 4.90 Å². The number of ether oxygens (including phenoxy) is 2. The fourth-order valence-electron chi connectivity index (χ4n) is 3.42. The van der Waals surface area contributed by atoms with Crippen molar-refractivity contribution < 1.29 is 27.5 Å². The van der Waals surface area contributed by atoms with E-state index in [2.05, 4.69) is 0 Å². The zero-order valence-electron chi connectivity index (χ0n) is 13.9. The molecule has 2 heterocycles. The number of methoxy groups -OCH3 is 1. The van der Waals surface area contributed by atoms with Crippen molar-refractivity contribution in [1.29, 1.82) is 0 Å². The summed E-state index contributed by atoms with van der Waals surface area (Å²) in [5.74, 6) is -0.768. The first-order chi connectivity index (χ1) is 11.3. The molecule has 2 aliphatic rings. The number of carbonyl (C=O) groups is 2. The van der Waals surface area contributed by atoms with Crippen molar-refractivity contribution in [3.05, 3.63) is 29.8 Å². The van der Waals surface area contributed by atoms with E-state index in [0.717, 1.165) is 6.26 Å². The second-order valence-electron chi connectivity index (χ2n) is 6.35. The molecule has 0 N–H and O–H groups in total. The second-order valence-corrected chi connectivity index (χ2v) is 8.36. The van der Waals surface area contributed by atoms with E-state index in [4.69, 9.17) is 9.47 Å². The van der Waals surface area contributed by atoms with Gasteiger partial charge in [-0.3, -0.25) is 9.59 Å². The highest BCUT2D eigenvalue weighted by molar-refractivity contribution is 7.90. The van der Waals surface area contributed by atoms with Crippen LogP contribution in [0.4, 0.5) is 0 Å². The maximum Gasteiger partial charge on any atom is 0.316 e. The standard InChI is InChI=1S/C16H19NO6S.ClH/c1-22-15(19)16-9-17(7-12(16)8-23-10-16)14(18)11-4-3-5-13(6-11)24(2,20)21;/h3-6,12H,7-10H2,1-2H3;1H/t12-,16-;/m0./s1. The van der Waals surface area contributed by atoms with Gasteiger partial charge >= 0.3 is 5.97 Å². The van der Waals surface area contributed by atoms with Crippen LogP contribution in [-0.2, 0) is 24.1 Å². The average Bonchev–Trinajstić information content (AvgIpc) is 3.10. The Labute approximate surface area is 152 Å². The molecule has 9 heteroatoms. The summed E-state index contributed by atoms with van der Waals surface area (Å²) in [6.07, 6.45) is 1.10. The van der Waals surface area contributed by atoms with Gasteiger partial charge in [-0.25, -0.2) is 8.42 Å². The van der Waals surface area contributed by atoms with Crippen LogP contribution in [0.1, 0.15) is 10.4 Å². The number of sulfone groups is 1. The molecular weight excluding hydrogens is 370 g/mol. The smallest absolute Gasteiger partial charge is 0.316 e. The van der Waals surface area contributed by atoms with Crippen molar-refractivity contribution in [2.24, 2.45) is 11.3 Å². The van der Waals surface area contributed by atoms with Crippen LogP contribution < -0.4 is 0 Å². The lowest BCUT2D eigenvalue weighted by Gasteiger charge is -2.23. The number of esters is 1. The average molecular weight is 390 g/mol. The summed E-state index contributed by atoms with van der Waals surface area (Å²) in [6, 6.07) is 5.94. The normalized spacial score (nSPS) is 25.2. The maximum absolute atomic E-state index is 12.7. The third kappa shape index (κ3) is 3.38. The summed E-state index contributed by atoms with van der Waals surface area (Å²) in [4.78, 5) is 26.6. The Morgan fingerprint density at radius 2 is 2.08 bits per heavy atom. The molecular formula is C16H20ClNO6S. The molecule has 2 atom stereocenters. The van der Waals surface area contributed by atoms with Crippen LogP contribution in [0, 0.1) is 11.3 Å². The maximum atomic E-state index is 12.7. The molecule has 0 saturated carbocycles. The topological polar surface area (TPSA) is 90.0 Å². The summed E-state index contributed by atoms with van der Waals surface area (Å²) in [6.45, 7) is 1.24. The zero-order valence-corrected chi connectivity index (χ0v) is 15.6. The van der Waals surface area contributed by atoms with E-state index in [1.807, 2.05) is 0 Å². The summed E-state index contributed by atoms with van der Waals surface area (Å²) in [5, 5.41) is 0. The van der Waals surface area contributed by atoms with Gasteiger partial charge in [-0.15, -0.1) is 12.4 Å². The van der Waals surface area contributed by atoms with E-state index in [9.17, 15) is 18.0 Å². The number of benzene rings is 1. The Balaban J connectivity index is 0.00000225. The van der Waals surface area contributed by atoms with E-state index in [1.54, 1.807) is 17.0 Å². The van der Waals surface area contributed by atoms with Gasteiger partial charge in [0.05, 0.1) is 25.2 Å². The zero-order chi connectivity index (χ0) is 17.5. The lowest BCUT2D eigenvalue weighted by molar-refractivity contribution is -0.153. The number of amides is 1. The molecule has 2 saturated heterocycles. The first kappa shape index (κ1) is 19.7. The minimum Gasteiger partial charge on any atom is -0.468 e. The van der Waals surface area contributed by atoms with Gasteiger partial charge in [0.25, 0.3) is 5.91 Å². The monoisotopic (exact) mass is 389 g/mol. The Kier molecular flexibility index (Phi) is 5.46. The third-order valence-corrected chi connectivity index (χ3v) is 5.87. The summed E-state index contributed by atoms with van der Waals surface area (Å²) < 4.78 is 33.6. The van der Waals surface area contributed by atoms with Crippen LogP contribution in [0.3, 0.4) is 0 Å². The van der Waals surface area contributed by atoms with Gasteiger partial charge in [0.1, 0.15) is 5.41 Å². The Morgan fingerprint density at radius 3 is 2.72 bits per heavy atom. The molecule has 0 spiro atoms. The van der Waals surface area contributed by atoms with Crippen LogP contribution in [0.2, 0.25) is 0 Å². The van der Waals surface area contributed by atoms with Gasteiger partial charge in [-0.05, 0) is 18.2 Å². The highest BCUT2D eigenvalue weighted by Crippen LogP contribution is 2.42. The van der Waals surface area contributed by atoms with E-state index >= 15 is 0 Å². The fourth-order valence-corrected chi connectivity index (χ4v) is 4.09. The van der Waals surface area contributed by atoms with Gasteiger partial charge in [0, 0.05) is 30.8 Å². The molecule has 0 unspecified atom stereocenters. The van der Waals surface area contributed by atoms with E-state index in [0.29, 0.717) is 18.7 Å². The molecule has 3 rings (SSSR count). The van der Waals surface area contributed by atoms with Crippen molar-refractivity contribution in [3.63, 3.8) is 0 Å². The SMILES string of the molecule is COC(=O)[C@@]12COC[C@@H]1CN(C(=O)c1cccc(S(C)(=O)=O)c1)C2.Cl. The third-order valence-electron chi connectivity index (χ3n) is 4.76. The summed E-state index contributed by atoms with van der Waals surface area (Å²) in [7, 11) is -2.07. The predicted octanol–water partition coefficient (Wildman–Crippen LogP) is 0.773. The number of carbonyl (C=O) groups excluding carboxylic acids is 2. The summed E-state index contributed by atoms with van der Waals surface area (Å²) >= 11 is 0. The van der Waals surface area contributed by atoms with E-state index in [1.165, 1.54) is 19.2 Å². The lowest BCUT2D eigenvalue weighted by atomic mass is 9.81. The first-order valence-electron chi connectivity index (χ1n) is 7.53. The number of halogens is 1. The number of likely N-dealkylation sites (tertiary alicyclic amines) is 1. The Hall–Kier alpha value is -1.64. The van der Waals surface area contributed by atoms with Gasteiger partial charge in [0.2, 0.25) is 0 Å². The van der Waals surface area contributed by atoms with Crippen molar-refractivity contribution >= 4 is 34.1 Å². The molecule has 0 radical (unpaired) electrons. The Bertz CT molecular complexity index is 796. The van der Waals surface area contributed by atoms with Gasteiger partial charge < -0.3 is 14.4 Å². The molecule has 1 amide bonds. The number of hydrogen-bond donors (Lipinski definition) is 0. The highest BCUT2D eigenvalue weighted by atomic mass is 35.5. The minimum atomic E-state index is -3.39. The first-order valence-corrected chi connectivity index (χ1v) is 9.42. The fraction of sp³-hybridized carbons (Fsp3) is 0.500. The second kappa shape index (κ2) is 6.93. The molecule has 1 aromatic carbocycles. The quantitative estimate of drug-likeness (QED) is 0.709. The van der Waals surface area contributed by atoms with Crippen LogP contribution >= 0.6 is 12.4 Å². The van der Waals surface area contributed by atoms with E-state index < -0.39 is 15.3 Å². The largest absolute Gasteiger partial charge is 0.468 e. The summed E-state index contributed by atoms with van der Waals surface area (Å²) in [5.41, 5.74) is -0.530. The van der Waals surface area contributed by atoms with Gasteiger partial charge in [0.15, 0.2) is 9.84 Å². The molecule has 0 aliphatic carbocycles. The van der Waals surface area contributed by atoms with Crippen LogP contribution in [0.25, 0.3) is 0 Å². The minimum absolute atomic E-state index is 0. The van der Waals surface area contributed by atoms with Crippen molar-refractivity contribution in [2.45, 2.75) is 4.90 Å². The molecule has 7 nitrogen and oxygen atoms in total. The molecule has 138 valence electrons. The van der Waals surface area contributed by atoms with Crippen molar-refractivity contribution in [2.75, 3.05) is 39.7 Å². The van der Waals surface area contributed by atoms with Crippen molar-refractivity contribution in [3.8, 4) is 0 Å². The Morgan fingerprint density at radius 1 is 1.36 bits per heavy atom. The lowest BCUT2D eigenvalue weighted by Crippen LogP contribution is -2.41. The van der Waals surface area contributed by atoms with Crippen LogP contribution in [0.15, 0.2) is 29.2 Å². The van der Waals surface area contributed by atoms with Crippen LogP contribution in [-0.4, -0.2) is 64.9 Å². The highest BCUT2D eigenvalue weighted by Gasteiger charge is 2.57. The number of hydrogen-bond acceptors (Lipinski definition) is 6. The molecule has 2 fully saturated rings. The number of rotatable bonds is 3. The van der Waals surface area contributed by atoms with Gasteiger partial charge in [-0.2, -0.15) is 0 Å². The van der Waals surface area contributed by atoms with Gasteiger partial charge in [-0.1, -0.05) is 6.07 Å². The molecule has 25 heavy (non-hydrogen) atoms. The molecule has 0 bridgehead atoms. The number of nitrogens with zero attached hydrogens (tertiary/aromatic N) is 1. The van der Waals surface area contributed by atoms with E-state index in [-0.39, 0.29) is 48.2 Å².